The number of carbonyl (C=O) groups excluding carboxylic acids is 2. The highest BCUT2D eigenvalue weighted by molar-refractivity contribution is 6.00. The van der Waals surface area contributed by atoms with Crippen LogP contribution >= 0.6 is 0 Å². The number of nitrogens with zero attached hydrogens (tertiary/aromatic N) is 1. The number of hydrogen-bond donors (Lipinski definition) is 0. The number of hydrogen-bond acceptors (Lipinski definition) is 7. The Hall–Kier alpha value is -1.65. The topological polar surface area (TPSA) is 94.9 Å². The van der Waals surface area contributed by atoms with E-state index in [0.717, 1.165) is 0 Å². The SMILES string of the molecule is COC(=O)C(CCC#N)(C[C@H]1COC(C)(C)O1)C(=O)OC. The van der Waals surface area contributed by atoms with Crippen LogP contribution in [0.15, 0.2) is 0 Å². The maximum Gasteiger partial charge on any atom is 0.323 e. The van der Waals surface area contributed by atoms with E-state index in [1.165, 1.54) is 14.2 Å². The quantitative estimate of drug-likeness (QED) is 0.536. The average molecular weight is 299 g/mol. The fraction of sp³-hybridized carbons (Fsp3) is 0.786. The lowest BCUT2D eigenvalue weighted by Gasteiger charge is -2.29. The van der Waals surface area contributed by atoms with E-state index in [1.807, 2.05) is 6.07 Å². The molecule has 0 amide bonds. The fourth-order valence-electron chi connectivity index (χ4n) is 2.47. The fourth-order valence-corrected chi connectivity index (χ4v) is 2.47. The van der Waals surface area contributed by atoms with E-state index in [9.17, 15) is 9.59 Å². The Kier molecular flexibility index (Phi) is 5.70. The predicted molar refractivity (Wildman–Crippen MR) is 70.8 cm³/mol. The highest BCUT2D eigenvalue weighted by Crippen LogP contribution is 2.37. The van der Waals surface area contributed by atoms with E-state index in [4.69, 9.17) is 24.2 Å². The van der Waals surface area contributed by atoms with E-state index in [-0.39, 0.29) is 25.9 Å². The van der Waals surface area contributed by atoms with Crippen molar-refractivity contribution in [2.75, 3.05) is 20.8 Å². The maximum atomic E-state index is 12.2. The largest absolute Gasteiger partial charge is 0.468 e. The molecule has 0 spiro atoms. The summed E-state index contributed by atoms with van der Waals surface area (Å²) in [5.74, 6) is -2.21. The van der Waals surface area contributed by atoms with E-state index < -0.39 is 29.2 Å². The molecule has 0 aromatic rings. The van der Waals surface area contributed by atoms with Gasteiger partial charge in [0.25, 0.3) is 0 Å². The second-order valence-corrected chi connectivity index (χ2v) is 5.38. The molecule has 0 saturated carbocycles. The van der Waals surface area contributed by atoms with E-state index >= 15 is 0 Å². The van der Waals surface area contributed by atoms with E-state index in [0.29, 0.717) is 0 Å². The Morgan fingerprint density at radius 1 is 1.33 bits per heavy atom. The van der Waals surface area contributed by atoms with Crippen LogP contribution in [0.25, 0.3) is 0 Å². The molecule has 1 saturated heterocycles. The minimum atomic E-state index is -1.55. The van der Waals surface area contributed by atoms with Crippen LogP contribution in [0, 0.1) is 16.7 Å². The molecule has 1 aliphatic heterocycles. The lowest BCUT2D eigenvalue weighted by molar-refractivity contribution is -0.176. The Labute approximate surface area is 124 Å². The van der Waals surface area contributed by atoms with Crippen LogP contribution in [0.5, 0.6) is 0 Å². The van der Waals surface area contributed by atoms with Crippen LogP contribution in [0.4, 0.5) is 0 Å². The molecule has 1 fully saturated rings. The van der Waals surface area contributed by atoms with E-state index in [2.05, 4.69) is 0 Å². The zero-order valence-corrected chi connectivity index (χ0v) is 12.8. The van der Waals surface area contributed by atoms with Gasteiger partial charge in [0, 0.05) is 12.8 Å². The third-order valence-electron chi connectivity index (χ3n) is 3.46. The van der Waals surface area contributed by atoms with Gasteiger partial charge in [0.15, 0.2) is 11.2 Å². The molecule has 1 atom stereocenters. The van der Waals surface area contributed by atoms with Gasteiger partial charge in [0.05, 0.1) is 33.0 Å². The van der Waals surface area contributed by atoms with Gasteiger partial charge < -0.3 is 18.9 Å². The van der Waals surface area contributed by atoms with Gasteiger partial charge in [-0.25, -0.2) is 0 Å². The molecule has 7 nitrogen and oxygen atoms in total. The molecule has 1 rings (SSSR count). The monoisotopic (exact) mass is 299 g/mol. The summed E-state index contributed by atoms with van der Waals surface area (Å²) in [5.41, 5.74) is -1.55. The van der Waals surface area contributed by atoms with Gasteiger partial charge in [-0.3, -0.25) is 9.59 Å². The van der Waals surface area contributed by atoms with Crippen molar-refractivity contribution in [2.24, 2.45) is 5.41 Å². The summed E-state index contributed by atoms with van der Waals surface area (Å²) in [6.45, 7) is 3.76. The smallest absolute Gasteiger partial charge is 0.323 e. The lowest BCUT2D eigenvalue weighted by atomic mass is 9.78. The van der Waals surface area contributed by atoms with Crippen LogP contribution in [-0.2, 0) is 28.5 Å². The second-order valence-electron chi connectivity index (χ2n) is 5.38. The molecule has 0 radical (unpaired) electrons. The molecule has 0 unspecified atom stereocenters. The normalized spacial score (nSPS) is 20.6. The standard InChI is InChI=1S/C14H21NO6/c1-13(2)20-9-10(21-13)8-14(6-5-7-15,11(16)18-3)12(17)19-4/h10H,5-6,8-9H2,1-4H3/t10-/m0/s1. The second kappa shape index (κ2) is 6.87. The molecule has 7 heteroatoms. The molecule has 0 aromatic heterocycles. The van der Waals surface area contributed by atoms with Gasteiger partial charge in [-0.15, -0.1) is 0 Å². The van der Waals surface area contributed by atoms with Crippen molar-refractivity contribution >= 4 is 11.9 Å². The molecule has 0 aliphatic carbocycles. The van der Waals surface area contributed by atoms with Crippen molar-refractivity contribution in [3.05, 3.63) is 0 Å². The number of methoxy groups -OCH3 is 2. The summed E-state index contributed by atoms with van der Waals surface area (Å²) >= 11 is 0. The van der Waals surface area contributed by atoms with Crippen molar-refractivity contribution in [1.29, 1.82) is 5.26 Å². The van der Waals surface area contributed by atoms with Gasteiger partial charge >= 0.3 is 11.9 Å². The number of carbonyl (C=O) groups is 2. The van der Waals surface area contributed by atoms with Crippen LogP contribution in [0.2, 0.25) is 0 Å². The van der Waals surface area contributed by atoms with Crippen molar-refractivity contribution in [3.8, 4) is 6.07 Å². The van der Waals surface area contributed by atoms with Crippen LogP contribution in [0.3, 0.4) is 0 Å². The number of nitriles is 1. The first-order chi connectivity index (χ1) is 9.81. The van der Waals surface area contributed by atoms with Crippen LogP contribution < -0.4 is 0 Å². The highest BCUT2D eigenvalue weighted by atomic mass is 16.7. The Bertz CT molecular complexity index is 423. The van der Waals surface area contributed by atoms with Crippen molar-refractivity contribution in [3.63, 3.8) is 0 Å². The predicted octanol–water partition coefficient (Wildman–Crippen LogP) is 1.16. The van der Waals surface area contributed by atoms with Crippen LogP contribution in [-0.4, -0.2) is 44.7 Å². The first-order valence-electron chi connectivity index (χ1n) is 6.67. The molecule has 21 heavy (non-hydrogen) atoms. The Morgan fingerprint density at radius 3 is 2.29 bits per heavy atom. The molecule has 118 valence electrons. The lowest BCUT2D eigenvalue weighted by Crippen LogP contribution is -2.44. The molecule has 1 aliphatic rings. The maximum absolute atomic E-state index is 12.2. The van der Waals surface area contributed by atoms with Crippen molar-refractivity contribution in [1.82, 2.24) is 0 Å². The molecule has 0 aromatic carbocycles. The summed E-state index contributed by atoms with van der Waals surface area (Å²) < 4.78 is 20.6. The Morgan fingerprint density at radius 2 is 1.90 bits per heavy atom. The zero-order valence-electron chi connectivity index (χ0n) is 12.8. The molecular weight excluding hydrogens is 278 g/mol. The summed E-state index contributed by atoms with van der Waals surface area (Å²) in [7, 11) is 2.39. The molecule has 1 heterocycles. The summed E-state index contributed by atoms with van der Waals surface area (Å²) in [6.07, 6.45) is -0.348. The van der Waals surface area contributed by atoms with Crippen molar-refractivity contribution in [2.45, 2.75) is 45.0 Å². The highest BCUT2D eigenvalue weighted by Gasteiger charge is 2.51. The summed E-state index contributed by atoms with van der Waals surface area (Å²) in [4.78, 5) is 24.3. The first kappa shape index (κ1) is 17.4. The van der Waals surface area contributed by atoms with Gasteiger partial charge in [-0.2, -0.15) is 5.26 Å². The number of rotatable bonds is 6. The van der Waals surface area contributed by atoms with Gasteiger partial charge in [-0.1, -0.05) is 0 Å². The summed E-state index contributed by atoms with van der Waals surface area (Å²) in [6, 6.07) is 1.93. The molecule has 0 N–H and O–H groups in total. The third-order valence-corrected chi connectivity index (χ3v) is 3.46. The third kappa shape index (κ3) is 3.93. The number of esters is 2. The van der Waals surface area contributed by atoms with E-state index in [1.54, 1.807) is 13.8 Å². The van der Waals surface area contributed by atoms with Crippen LogP contribution in [0.1, 0.15) is 33.1 Å². The summed E-state index contributed by atoms with van der Waals surface area (Å²) in [5, 5.41) is 8.77. The minimum Gasteiger partial charge on any atom is -0.468 e. The first-order valence-corrected chi connectivity index (χ1v) is 6.67. The van der Waals surface area contributed by atoms with Gasteiger partial charge in [0.1, 0.15) is 0 Å². The van der Waals surface area contributed by atoms with Crippen molar-refractivity contribution < 1.29 is 28.5 Å². The minimum absolute atomic E-state index is 0.0170. The number of ether oxygens (including phenoxy) is 4. The molecular formula is C14H21NO6. The zero-order chi connectivity index (χ0) is 16.1. The van der Waals surface area contributed by atoms with Gasteiger partial charge in [-0.05, 0) is 20.3 Å². The molecule has 0 bridgehead atoms. The average Bonchev–Trinajstić information content (AvgIpc) is 2.80. The Balaban J connectivity index is 3.01. The van der Waals surface area contributed by atoms with Gasteiger partial charge in [0.2, 0.25) is 0 Å².